The average Bonchev–Trinajstić information content (AvgIpc) is 2.36. The second kappa shape index (κ2) is 6.96. The predicted molar refractivity (Wildman–Crippen MR) is 57.2 cm³/mol. The minimum atomic E-state index is -6.09. The van der Waals surface area contributed by atoms with Gasteiger partial charge in [-0.15, -0.1) is 0 Å². The van der Waals surface area contributed by atoms with Gasteiger partial charge in [0, 0.05) is 12.1 Å². The third kappa shape index (κ3) is 6.15. The fraction of sp³-hybridized carbons (Fsp3) is 0.125. The van der Waals surface area contributed by atoms with Crippen LogP contribution < -0.4 is 5.90 Å². The van der Waals surface area contributed by atoms with Gasteiger partial charge in [-0.25, -0.2) is 13.2 Å². The smallest absolute Gasteiger partial charge is 0.485 e. The average molecular weight is 332 g/mol. The van der Waals surface area contributed by atoms with Crippen molar-refractivity contribution < 1.29 is 46.6 Å². The molecule has 0 saturated carbocycles. The standard InChI is InChI=1S/C7H7N2O4.CHF3O3S/c8-13-7(10)5-1-3-6(4-2-5)9(11)12;2-1(3,4)8(5,6)7/h1-4H,8H3;(H,5,6,7)/q+1;/p-1. The number of nitrogens with zero attached hydrogens (tertiary/aromatic N) is 1. The number of nitro benzene ring substituents is 1. The predicted octanol–water partition coefficient (Wildman–Crippen LogP) is -0.0401. The van der Waals surface area contributed by atoms with Crippen molar-refractivity contribution in [3.63, 3.8) is 0 Å². The van der Waals surface area contributed by atoms with E-state index in [-0.39, 0.29) is 11.3 Å². The van der Waals surface area contributed by atoms with Crippen molar-refractivity contribution in [1.29, 1.82) is 0 Å². The van der Waals surface area contributed by atoms with Gasteiger partial charge in [0.05, 0.1) is 10.5 Å². The highest BCUT2D eigenvalue weighted by atomic mass is 32.2. The van der Waals surface area contributed by atoms with Crippen LogP contribution in [0.15, 0.2) is 24.3 Å². The van der Waals surface area contributed by atoms with Gasteiger partial charge in [-0.3, -0.25) is 15.0 Å². The van der Waals surface area contributed by atoms with E-state index in [1.165, 1.54) is 24.3 Å². The minimum absolute atomic E-state index is 0.0689. The Balaban J connectivity index is 0.000000433. The Morgan fingerprint density at radius 2 is 1.62 bits per heavy atom. The number of rotatable bonds is 2. The molecule has 1 rings (SSSR count). The molecule has 0 bridgehead atoms. The number of quaternary nitrogens is 1. The van der Waals surface area contributed by atoms with Gasteiger partial charge in [-0.05, 0) is 12.1 Å². The molecule has 0 spiro atoms. The van der Waals surface area contributed by atoms with Crippen molar-refractivity contribution in [2.24, 2.45) is 0 Å². The molecular formula is C8H7F3N2O7S. The van der Waals surface area contributed by atoms with Gasteiger partial charge >= 0.3 is 11.5 Å². The van der Waals surface area contributed by atoms with E-state index in [1.807, 2.05) is 0 Å². The van der Waals surface area contributed by atoms with Crippen molar-refractivity contribution in [1.82, 2.24) is 0 Å². The summed E-state index contributed by atoms with van der Waals surface area (Å²) < 4.78 is 58.9. The maximum Gasteiger partial charge on any atom is 0.485 e. The summed E-state index contributed by atoms with van der Waals surface area (Å²) in [7, 11) is -6.09. The molecule has 0 radical (unpaired) electrons. The molecule has 1 aromatic carbocycles. The van der Waals surface area contributed by atoms with Crippen LogP contribution in [0, 0.1) is 10.1 Å². The van der Waals surface area contributed by atoms with Crippen molar-refractivity contribution in [2.75, 3.05) is 0 Å². The Morgan fingerprint density at radius 1 is 1.24 bits per heavy atom. The lowest BCUT2D eigenvalue weighted by Crippen LogP contribution is -2.51. The molecule has 0 atom stereocenters. The maximum absolute atomic E-state index is 10.8. The van der Waals surface area contributed by atoms with Crippen LogP contribution in [-0.4, -0.2) is 29.4 Å². The molecule has 0 amide bonds. The molecular weight excluding hydrogens is 325 g/mol. The molecule has 13 heteroatoms. The number of alkyl halides is 3. The van der Waals surface area contributed by atoms with Gasteiger partial charge in [0.15, 0.2) is 10.1 Å². The van der Waals surface area contributed by atoms with Gasteiger partial charge in [-0.1, -0.05) is 0 Å². The third-order valence-electron chi connectivity index (χ3n) is 1.73. The van der Waals surface area contributed by atoms with Crippen LogP contribution >= 0.6 is 0 Å². The zero-order chi connectivity index (χ0) is 16.8. The molecule has 0 aliphatic rings. The lowest BCUT2D eigenvalue weighted by atomic mass is 10.2. The fourth-order valence-corrected chi connectivity index (χ4v) is 0.803. The molecule has 3 N–H and O–H groups in total. The topological polar surface area (TPSA) is 154 Å². The van der Waals surface area contributed by atoms with Gasteiger partial charge in [-0.2, -0.15) is 19.1 Å². The minimum Gasteiger partial charge on any atom is -0.741 e. The second-order valence-electron chi connectivity index (χ2n) is 3.14. The zero-order valence-corrected chi connectivity index (χ0v) is 10.7. The first-order chi connectivity index (χ1) is 9.40. The molecule has 0 unspecified atom stereocenters. The number of hydrogen-bond acceptors (Lipinski definition) is 7. The summed E-state index contributed by atoms with van der Waals surface area (Å²) in [5.74, 6) is 2.32. The van der Waals surface area contributed by atoms with Crippen molar-refractivity contribution in [3.8, 4) is 0 Å². The SMILES string of the molecule is O=S(=O)([O-])C(F)(F)F.[NH3+]OC(=O)c1ccc([N+](=O)[O-])cc1. The van der Waals surface area contributed by atoms with Crippen molar-refractivity contribution >= 4 is 21.8 Å². The monoisotopic (exact) mass is 332 g/mol. The van der Waals surface area contributed by atoms with Crippen molar-refractivity contribution in [3.05, 3.63) is 39.9 Å². The Morgan fingerprint density at radius 3 is 1.86 bits per heavy atom. The summed E-state index contributed by atoms with van der Waals surface area (Å²) in [5.41, 5.74) is -5.48. The van der Waals surface area contributed by atoms with Gasteiger partial charge in [0.2, 0.25) is 0 Å². The third-order valence-corrected chi connectivity index (χ3v) is 2.30. The van der Waals surface area contributed by atoms with E-state index in [1.54, 1.807) is 0 Å². The first-order valence-electron chi connectivity index (χ1n) is 4.63. The van der Waals surface area contributed by atoms with E-state index in [0.29, 0.717) is 0 Å². The Kier molecular flexibility index (Phi) is 6.21. The van der Waals surface area contributed by atoms with Gasteiger partial charge in [0.25, 0.3) is 5.69 Å². The second-order valence-corrected chi connectivity index (χ2v) is 4.51. The number of carbonyl (C=O) groups excluding carboxylic acids is 1. The van der Waals surface area contributed by atoms with Crippen molar-refractivity contribution in [2.45, 2.75) is 5.51 Å². The lowest BCUT2D eigenvalue weighted by molar-refractivity contribution is -0.653. The van der Waals surface area contributed by atoms with Crippen LogP contribution in [0.1, 0.15) is 10.4 Å². The van der Waals surface area contributed by atoms with E-state index in [4.69, 9.17) is 13.0 Å². The highest BCUT2D eigenvalue weighted by Crippen LogP contribution is 2.20. The maximum atomic E-state index is 10.8. The number of hydrogen-bond donors (Lipinski definition) is 1. The van der Waals surface area contributed by atoms with Gasteiger partial charge < -0.3 is 4.55 Å². The quantitative estimate of drug-likeness (QED) is 0.345. The molecule has 0 saturated heterocycles. The number of benzene rings is 1. The molecule has 118 valence electrons. The van der Waals surface area contributed by atoms with Crippen LogP contribution in [0.5, 0.6) is 0 Å². The molecule has 0 fully saturated rings. The number of non-ortho nitro benzene ring substituents is 1. The molecule has 0 aromatic heterocycles. The summed E-state index contributed by atoms with van der Waals surface area (Å²) in [6.45, 7) is 0. The Labute approximate surface area is 115 Å². The zero-order valence-electron chi connectivity index (χ0n) is 9.86. The van der Waals surface area contributed by atoms with E-state index < -0.39 is 26.5 Å². The lowest BCUT2D eigenvalue weighted by Gasteiger charge is -2.08. The van der Waals surface area contributed by atoms with Gasteiger partial charge in [0.1, 0.15) is 0 Å². The van der Waals surface area contributed by atoms with Crippen LogP contribution in [-0.2, 0) is 15.0 Å². The first-order valence-corrected chi connectivity index (χ1v) is 6.04. The van der Waals surface area contributed by atoms with Crippen LogP contribution in [0.2, 0.25) is 0 Å². The summed E-state index contributed by atoms with van der Waals surface area (Å²) in [5, 5.41) is 10.2. The first kappa shape index (κ1) is 18.8. The van der Waals surface area contributed by atoms with Crippen LogP contribution in [0.3, 0.4) is 0 Å². The summed E-state index contributed by atoms with van der Waals surface area (Å²) in [6, 6.07) is 5.08. The normalized spacial score (nSPS) is 11.1. The number of nitro groups is 1. The largest absolute Gasteiger partial charge is 0.741 e. The van der Waals surface area contributed by atoms with E-state index in [9.17, 15) is 28.1 Å². The Hall–Kier alpha value is -2.25. The highest BCUT2D eigenvalue weighted by molar-refractivity contribution is 7.86. The molecule has 1 aromatic rings. The highest BCUT2D eigenvalue weighted by Gasteiger charge is 2.36. The molecule has 9 nitrogen and oxygen atoms in total. The Bertz CT molecular complexity index is 612. The molecule has 21 heavy (non-hydrogen) atoms. The van der Waals surface area contributed by atoms with E-state index >= 15 is 0 Å². The summed E-state index contributed by atoms with van der Waals surface area (Å²) >= 11 is 0. The fourth-order valence-electron chi connectivity index (χ4n) is 0.803. The summed E-state index contributed by atoms with van der Waals surface area (Å²) in [4.78, 5) is 24.7. The summed E-state index contributed by atoms with van der Waals surface area (Å²) in [6.07, 6.45) is 0. The molecule has 0 aliphatic carbocycles. The van der Waals surface area contributed by atoms with Crippen LogP contribution in [0.4, 0.5) is 18.9 Å². The van der Waals surface area contributed by atoms with Crippen LogP contribution in [0.25, 0.3) is 0 Å². The van der Waals surface area contributed by atoms with E-state index in [2.05, 4.69) is 10.7 Å². The van der Waals surface area contributed by atoms with E-state index in [0.717, 1.165) is 0 Å². The molecule has 0 heterocycles. The number of carbonyl (C=O) groups is 1. The molecule has 0 aliphatic heterocycles. The number of halogens is 3.